The minimum atomic E-state index is 0.314. The Balaban J connectivity index is 0.000000145. The maximum absolute atomic E-state index is 5.60. The van der Waals surface area contributed by atoms with E-state index in [4.69, 9.17) is 22.9 Å². The molecular formula is C69H93N45S9. The van der Waals surface area contributed by atoms with Gasteiger partial charge in [0.05, 0.1) is 45.0 Å². The lowest BCUT2D eigenvalue weighted by atomic mass is 10.6. The van der Waals surface area contributed by atoms with Crippen molar-refractivity contribution in [2.24, 2.45) is 21.1 Å². The van der Waals surface area contributed by atoms with Gasteiger partial charge in [-0.2, -0.15) is 29.9 Å². The summed E-state index contributed by atoms with van der Waals surface area (Å²) in [4.78, 5) is 38.2. The van der Waals surface area contributed by atoms with Gasteiger partial charge < -0.3 is 94.5 Å². The molecule has 54 heteroatoms. The summed E-state index contributed by atoms with van der Waals surface area (Å²) in [6.45, 7) is 0. The van der Waals surface area contributed by atoms with Crippen LogP contribution >= 0.6 is 102 Å². The van der Waals surface area contributed by atoms with Gasteiger partial charge in [0.25, 0.3) is 11.9 Å². The zero-order chi connectivity index (χ0) is 87.7. The Bertz CT molecular complexity index is 5790. The average Bonchev–Trinajstić information content (AvgIpc) is 1.70. The van der Waals surface area contributed by atoms with Crippen LogP contribution in [0.3, 0.4) is 0 Å². The van der Waals surface area contributed by atoms with Crippen LogP contribution in [0.15, 0.2) is 158 Å². The van der Waals surface area contributed by atoms with E-state index in [0.29, 0.717) is 83.3 Å². The molecule has 0 unspecified atom stereocenters. The number of hydrogen-bond donors (Lipinski definition) is 17. The molecule has 0 aliphatic heterocycles. The number of nitrogen functional groups attached to an aromatic ring is 4. The van der Waals surface area contributed by atoms with Crippen molar-refractivity contribution in [2.45, 2.75) is 0 Å². The molecule has 0 fully saturated rings. The van der Waals surface area contributed by atoms with E-state index in [1.165, 1.54) is 0 Å². The topological polar surface area (TPSA) is 553 Å². The van der Waals surface area contributed by atoms with Crippen molar-refractivity contribution in [3.05, 3.63) is 158 Å². The normalized spacial score (nSPS) is 10.2. The molecule has 648 valence electrons. The van der Waals surface area contributed by atoms with E-state index in [1.54, 1.807) is 125 Å². The van der Waals surface area contributed by atoms with Gasteiger partial charge in [-0.1, -0.05) is 0 Å². The lowest BCUT2D eigenvalue weighted by Gasteiger charge is -2.14. The Morgan fingerprint density at radius 2 is 0.675 bits per heavy atom. The second-order valence-corrected chi connectivity index (χ2v) is 33.4. The summed E-state index contributed by atoms with van der Waals surface area (Å²) in [5, 5.41) is 113. The van der Waals surface area contributed by atoms with E-state index in [-0.39, 0.29) is 0 Å². The third-order valence-corrected chi connectivity index (χ3v) is 23.3. The molecule has 18 heterocycles. The van der Waals surface area contributed by atoms with Gasteiger partial charge in [-0.05, 0) is 158 Å². The zero-order valence-electron chi connectivity index (χ0n) is 69.1. The number of nitrogens with zero attached hydrogens (tertiary/aromatic N) is 28. The van der Waals surface area contributed by atoms with E-state index >= 15 is 0 Å². The molecule has 0 spiro atoms. The minimum Gasteiger partial charge on any atom is -0.368 e. The third-order valence-electron chi connectivity index (χ3n) is 15.6. The molecular weight excluding hydrogens is 1750 g/mol. The van der Waals surface area contributed by atoms with Crippen LogP contribution in [0.5, 0.6) is 0 Å². The highest BCUT2D eigenvalue weighted by molar-refractivity contribution is 7.16. The molecule has 0 aromatic carbocycles. The molecule has 0 atom stereocenters. The quantitative estimate of drug-likeness (QED) is 0.0283. The van der Waals surface area contributed by atoms with Crippen LogP contribution in [0, 0.1) is 0 Å². The van der Waals surface area contributed by atoms with Gasteiger partial charge in [0.15, 0.2) is 0 Å². The number of aromatic amines is 6. The summed E-state index contributed by atoms with van der Waals surface area (Å²) < 4.78 is 5.36. The minimum absolute atomic E-state index is 0.314. The van der Waals surface area contributed by atoms with Gasteiger partial charge in [-0.3, -0.25) is 13.7 Å². The van der Waals surface area contributed by atoms with Crippen LogP contribution in [0.1, 0.15) is 0 Å². The lowest BCUT2D eigenvalue weighted by molar-refractivity contribution is 0.873. The number of rotatable bonds is 23. The maximum Gasteiger partial charge on any atom is 0.251 e. The van der Waals surface area contributed by atoms with E-state index in [2.05, 4.69) is 159 Å². The van der Waals surface area contributed by atoms with Crippen molar-refractivity contribution in [1.29, 1.82) is 0 Å². The first-order chi connectivity index (χ1) is 59.4. The van der Waals surface area contributed by atoms with Gasteiger partial charge in [0.2, 0.25) is 95.2 Å². The second-order valence-electron chi connectivity index (χ2n) is 25.0. The zero-order valence-corrected chi connectivity index (χ0v) is 76.4. The van der Waals surface area contributed by atoms with Crippen molar-refractivity contribution in [3.63, 3.8) is 0 Å². The number of H-pyrrole nitrogens is 6. The highest BCUT2D eigenvalue weighted by Crippen LogP contribution is 2.31. The molecule has 18 rings (SSSR count). The molecule has 0 aliphatic carbocycles. The molecule has 0 bridgehead atoms. The summed E-state index contributed by atoms with van der Waals surface area (Å²) in [5.74, 6) is 10.9. The van der Waals surface area contributed by atoms with Gasteiger partial charge in [0.1, 0.15) is 0 Å². The molecule has 18 aromatic rings. The van der Waals surface area contributed by atoms with Crippen LogP contribution in [-0.4, -0.2) is 220 Å². The van der Waals surface area contributed by atoms with Crippen LogP contribution in [0.25, 0.3) is 0 Å². The van der Waals surface area contributed by atoms with Gasteiger partial charge in [-0.15, -0.1) is 163 Å². The van der Waals surface area contributed by atoms with Crippen molar-refractivity contribution in [1.82, 2.24) is 135 Å². The molecule has 45 nitrogen and oxygen atoms in total. The van der Waals surface area contributed by atoms with Crippen LogP contribution < -0.4 is 94.5 Å². The highest BCUT2D eigenvalue weighted by atomic mass is 32.1. The van der Waals surface area contributed by atoms with E-state index in [1.807, 2.05) is 288 Å². The van der Waals surface area contributed by atoms with Crippen LogP contribution in [0.4, 0.5) is 152 Å². The Morgan fingerprint density at radius 3 is 1.07 bits per heavy atom. The fraction of sp³-hybridized carbons (Fsp3) is 0.217. The van der Waals surface area contributed by atoms with Crippen molar-refractivity contribution in [3.8, 4) is 0 Å². The highest BCUT2D eigenvalue weighted by Gasteiger charge is 2.17. The first-order valence-electron chi connectivity index (χ1n) is 36.1. The summed E-state index contributed by atoms with van der Waals surface area (Å²) in [5.41, 5.74) is 21.9. The fourth-order valence-electron chi connectivity index (χ4n) is 9.24. The number of aromatic nitrogens is 27. The van der Waals surface area contributed by atoms with Gasteiger partial charge in [-0.25, -0.2) is 30.6 Å². The average molecular weight is 1840 g/mol. The van der Waals surface area contributed by atoms with E-state index in [9.17, 15) is 0 Å². The molecule has 0 saturated heterocycles. The fourth-order valence-corrected chi connectivity index (χ4v) is 15.1. The van der Waals surface area contributed by atoms with E-state index in [0.717, 1.165) is 68.8 Å². The van der Waals surface area contributed by atoms with Gasteiger partial charge >= 0.3 is 0 Å². The molecule has 18 aromatic heterocycles. The van der Waals surface area contributed by atoms with Crippen molar-refractivity contribution < 1.29 is 0 Å². The standard InChI is InChI=1S/2C9H13N5S.3C8H11N5S.3C7H9N5S.C6H7N5S/c1-13(2)8-10-9(12-11-8)14(3)7-5-4-6-15-7;1-13(2)9-12-11-8(14(9)3)10-7-5-4-6-15-7;1-12(6-4-3-5-14-6)8-11-10-7(9)13(8)2;1-13(2)8-10-7(11-12-8)9-6-4-3-5-14-6;1-9-7-10-8(12-11-7)13(2)6-4-3-5-14-6;1-12(5-3-2-4-13-5)7-9-6(8)10-11-7;1-12-6(8)10-11-7(12)9-5-3-2-4-13-5;1-8-6-10-7(12-11-6)9-5-3-2-4-13-5;7-5-9-6(11-10-5)8-4-2-1-3-12-4/h4-6H,1-3H3,(H,10,11,12);4-6H,1-3H3,(H,10,11);3-5H,1-2H3,(H2,9,10);2*3-5H,1-2H3,(H2,9,10,11,12);2-4H,1H3,(H3,8,9,10,11);2-4H,1H3,(H2,8,10)(H,9,11);2-4H,1H3,(H3,8,9,10,11,12);1-3H,(H4,7,8,9,10,11). The lowest BCUT2D eigenvalue weighted by Crippen LogP contribution is -2.14. The smallest absolute Gasteiger partial charge is 0.251 e. The molecule has 0 saturated carbocycles. The van der Waals surface area contributed by atoms with Crippen molar-refractivity contribution >= 4 is 254 Å². The Kier molecular flexibility index (Phi) is 34.1. The SMILES string of the molecule is CN(C)c1n[nH]c(N(C)c2cccs2)n1.CN(C)c1n[nH]c(Nc2cccs2)n1.CN(C)c1nnc(Nc2cccs2)n1C.CN(c1cccs1)c1nnc(N)n1C.CN(c1n[nH]c(N)n1)c1cccs1.CNc1n[nH]c(Nc2cccs2)n1.CNc1nc(N(C)c2cccs2)n[nH]1.Cn1c(N)nnc1Nc1cccs1.Nc1nc(Nc2cccs2)n[nH]1. The number of hydrogen-bond acceptors (Lipinski definition) is 45. The first-order valence-corrected chi connectivity index (χ1v) is 44.1. The van der Waals surface area contributed by atoms with Crippen molar-refractivity contribution in [2.75, 3.05) is 179 Å². The molecule has 0 aliphatic rings. The Morgan fingerprint density at radius 1 is 0.301 bits per heavy atom. The van der Waals surface area contributed by atoms with Crippen LogP contribution in [0.2, 0.25) is 0 Å². The van der Waals surface area contributed by atoms with Gasteiger partial charge in [0, 0.05) is 106 Å². The third kappa shape index (κ3) is 27.5. The summed E-state index contributed by atoms with van der Waals surface area (Å²) in [6.07, 6.45) is 0. The summed E-state index contributed by atoms with van der Waals surface area (Å²) in [7, 11) is 28.4. The molecule has 21 N–H and O–H groups in total. The molecule has 123 heavy (non-hydrogen) atoms. The monoisotopic (exact) mass is 1840 g/mol. The summed E-state index contributed by atoms with van der Waals surface area (Å²) in [6, 6.07) is 35.8. The Hall–Kier alpha value is -14.0. The summed E-state index contributed by atoms with van der Waals surface area (Å²) >= 11 is 14.7. The number of thiophene rings is 9. The Labute approximate surface area is 741 Å². The molecule has 0 radical (unpaired) electrons. The molecule has 0 amide bonds. The first kappa shape index (κ1) is 91.3. The predicted octanol–water partition coefficient (Wildman–Crippen LogP) is 13.2. The maximum atomic E-state index is 5.60. The van der Waals surface area contributed by atoms with Crippen LogP contribution in [-0.2, 0) is 21.1 Å². The predicted molar refractivity (Wildman–Crippen MR) is 509 cm³/mol. The largest absolute Gasteiger partial charge is 0.368 e. The van der Waals surface area contributed by atoms with E-state index < -0.39 is 0 Å². The number of nitrogens with one attached hydrogen (secondary N) is 13. The number of anilines is 27. The second kappa shape index (κ2) is 45.9. The number of nitrogens with two attached hydrogens (primary N) is 4.